The Balaban J connectivity index is 2.86. The number of benzene rings is 1. The minimum atomic E-state index is -0.657. The van der Waals surface area contributed by atoms with Crippen LogP contribution < -0.4 is 10.1 Å². The molecular formula is C13H14N2O3. The Labute approximate surface area is 105 Å². The molecule has 0 aliphatic carbocycles. The number of esters is 1. The van der Waals surface area contributed by atoms with Crippen molar-refractivity contribution in [1.29, 1.82) is 5.26 Å². The molecule has 0 aliphatic heterocycles. The van der Waals surface area contributed by atoms with Gasteiger partial charge in [-0.1, -0.05) is 0 Å². The number of nitrogens with zero attached hydrogens (tertiary/aromatic N) is 1. The zero-order valence-corrected chi connectivity index (χ0v) is 10.3. The van der Waals surface area contributed by atoms with Gasteiger partial charge in [-0.3, -0.25) is 9.59 Å². The van der Waals surface area contributed by atoms with Crippen LogP contribution in [0.4, 0.5) is 5.69 Å². The van der Waals surface area contributed by atoms with Gasteiger partial charge in [-0.2, -0.15) is 5.26 Å². The van der Waals surface area contributed by atoms with E-state index in [1.165, 1.54) is 13.0 Å². The molecule has 18 heavy (non-hydrogen) atoms. The molecule has 0 saturated carbocycles. The molecule has 0 saturated heterocycles. The Morgan fingerprint density at radius 1 is 1.44 bits per heavy atom. The average molecular weight is 246 g/mol. The molecule has 0 unspecified atom stereocenters. The summed E-state index contributed by atoms with van der Waals surface area (Å²) >= 11 is 0. The number of nitrogens with one attached hydrogen (secondary N) is 1. The zero-order chi connectivity index (χ0) is 13.5. The van der Waals surface area contributed by atoms with E-state index in [2.05, 4.69) is 5.32 Å². The Kier molecular flexibility index (Phi) is 4.88. The van der Waals surface area contributed by atoms with E-state index in [4.69, 9.17) is 10.00 Å². The fourth-order valence-corrected chi connectivity index (χ4v) is 1.38. The summed E-state index contributed by atoms with van der Waals surface area (Å²) < 4.78 is 4.97. The highest BCUT2D eigenvalue weighted by molar-refractivity contribution is 5.95. The van der Waals surface area contributed by atoms with E-state index < -0.39 is 5.97 Å². The van der Waals surface area contributed by atoms with Crippen LogP contribution in [0, 0.1) is 11.3 Å². The first-order chi connectivity index (χ1) is 8.56. The molecule has 1 rings (SSSR count). The van der Waals surface area contributed by atoms with Gasteiger partial charge >= 0.3 is 5.97 Å². The zero-order valence-electron chi connectivity index (χ0n) is 10.3. The summed E-state index contributed by atoms with van der Waals surface area (Å²) in [6, 6.07) is 6.79. The van der Waals surface area contributed by atoms with Gasteiger partial charge in [0, 0.05) is 12.2 Å². The van der Waals surface area contributed by atoms with E-state index in [0.717, 1.165) is 12.2 Å². The lowest BCUT2D eigenvalue weighted by Crippen LogP contribution is -2.12. The van der Waals surface area contributed by atoms with Crippen molar-refractivity contribution < 1.29 is 14.3 Å². The molecule has 0 spiro atoms. The smallest absolute Gasteiger partial charge is 0.318 e. The summed E-state index contributed by atoms with van der Waals surface area (Å²) in [4.78, 5) is 22.1. The second-order valence-electron chi connectivity index (χ2n) is 3.71. The molecule has 5 heteroatoms. The number of anilines is 1. The van der Waals surface area contributed by atoms with Crippen LogP contribution in [0.5, 0.6) is 5.75 Å². The standard InChI is InChI=1S/C13H14N2O3/c1-3-15-11-4-5-12(10(7-11)8-14)18-13(17)6-9(2)16/h4-5,7,15H,3,6H2,1-2H3. The largest absolute Gasteiger partial charge is 0.425 e. The van der Waals surface area contributed by atoms with Gasteiger partial charge in [0.15, 0.2) is 0 Å². The second-order valence-corrected chi connectivity index (χ2v) is 3.71. The molecule has 94 valence electrons. The van der Waals surface area contributed by atoms with Gasteiger partial charge in [-0.15, -0.1) is 0 Å². The van der Waals surface area contributed by atoms with Crippen molar-refractivity contribution in [2.45, 2.75) is 20.3 Å². The van der Waals surface area contributed by atoms with Crippen molar-refractivity contribution in [1.82, 2.24) is 0 Å². The summed E-state index contributed by atoms with van der Waals surface area (Å²) in [6.45, 7) is 3.97. The lowest BCUT2D eigenvalue weighted by Gasteiger charge is -2.08. The number of carbonyl (C=O) groups is 2. The number of rotatable bonds is 5. The molecule has 0 bridgehead atoms. The van der Waals surface area contributed by atoms with E-state index in [1.54, 1.807) is 12.1 Å². The average Bonchev–Trinajstić information content (AvgIpc) is 2.30. The third-order valence-electron chi connectivity index (χ3n) is 2.10. The van der Waals surface area contributed by atoms with Crippen LogP contribution in [0.1, 0.15) is 25.8 Å². The van der Waals surface area contributed by atoms with E-state index in [9.17, 15) is 9.59 Å². The minimum Gasteiger partial charge on any atom is -0.425 e. The fourth-order valence-electron chi connectivity index (χ4n) is 1.38. The minimum absolute atomic E-state index is 0.172. The van der Waals surface area contributed by atoms with Crippen molar-refractivity contribution in [3.8, 4) is 11.8 Å². The summed E-state index contributed by atoms with van der Waals surface area (Å²) in [6.07, 6.45) is -0.292. The summed E-state index contributed by atoms with van der Waals surface area (Å²) in [5.41, 5.74) is 1.03. The molecule has 0 amide bonds. The summed E-state index contributed by atoms with van der Waals surface area (Å²) in [5, 5.41) is 12.0. The van der Waals surface area contributed by atoms with E-state index >= 15 is 0 Å². The van der Waals surface area contributed by atoms with Gasteiger partial charge in [0.05, 0.1) is 5.56 Å². The number of ether oxygens (including phenoxy) is 1. The first-order valence-electron chi connectivity index (χ1n) is 5.55. The first-order valence-corrected chi connectivity index (χ1v) is 5.55. The molecule has 1 aromatic carbocycles. The Morgan fingerprint density at radius 2 is 2.17 bits per heavy atom. The van der Waals surface area contributed by atoms with Gasteiger partial charge in [0.2, 0.25) is 0 Å². The van der Waals surface area contributed by atoms with Crippen LogP contribution in [0.2, 0.25) is 0 Å². The molecule has 1 N–H and O–H groups in total. The van der Waals surface area contributed by atoms with Crippen LogP contribution in [0.25, 0.3) is 0 Å². The number of hydrogen-bond donors (Lipinski definition) is 1. The van der Waals surface area contributed by atoms with E-state index in [-0.39, 0.29) is 23.5 Å². The topological polar surface area (TPSA) is 79.2 Å². The number of hydrogen-bond acceptors (Lipinski definition) is 5. The van der Waals surface area contributed by atoms with Crippen LogP contribution >= 0.6 is 0 Å². The molecule has 0 aliphatic rings. The number of ketones is 1. The van der Waals surface area contributed by atoms with Crippen LogP contribution in [-0.2, 0) is 9.59 Å². The highest BCUT2D eigenvalue weighted by Gasteiger charge is 2.11. The Bertz CT molecular complexity index is 503. The normalized spacial score (nSPS) is 9.39. The summed E-state index contributed by atoms with van der Waals surface area (Å²) in [7, 11) is 0. The maximum atomic E-state index is 11.3. The lowest BCUT2D eigenvalue weighted by atomic mass is 10.2. The molecule has 0 fully saturated rings. The molecule has 5 nitrogen and oxygen atoms in total. The first kappa shape index (κ1) is 13.7. The molecule has 0 atom stereocenters. The van der Waals surface area contributed by atoms with Crippen molar-refractivity contribution in [3.05, 3.63) is 23.8 Å². The number of nitriles is 1. The van der Waals surface area contributed by atoms with Crippen LogP contribution in [-0.4, -0.2) is 18.3 Å². The quantitative estimate of drug-likeness (QED) is 0.487. The van der Waals surface area contributed by atoms with Crippen LogP contribution in [0.3, 0.4) is 0 Å². The Hall–Kier alpha value is -2.35. The van der Waals surface area contributed by atoms with E-state index in [1.807, 2.05) is 13.0 Å². The van der Waals surface area contributed by atoms with Gasteiger partial charge < -0.3 is 10.1 Å². The van der Waals surface area contributed by atoms with Gasteiger partial charge in [0.25, 0.3) is 0 Å². The van der Waals surface area contributed by atoms with Crippen molar-refractivity contribution in [3.63, 3.8) is 0 Å². The maximum absolute atomic E-state index is 11.3. The molecule has 1 aromatic rings. The third kappa shape index (κ3) is 3.91. The van der Waals surface area contributed by atoms with Gasteiger partial charge in [-0.05, 0) is 32.0 Å². The van der Waals surface area contributed by atoms with Crippen molar-refractivity contribution in [2.24, 2.45) is 0 Å². The predicted octanol–water partition coefficient (Wildman–Crippen LogP) is 1.87. The Morgan fingerprint density at radius 3 is 2.72 bits per heavy atom. The monoisotopic (exact) mass is 246 g/mol. The van der Waals surface area contributed by atoms with E-state index in [0.29, 0.717) is 0 Å². The highest BCUT2D eigenvalue weighted by atomic mass is 16.5. The molecule has 0 aromatic heterocycles. The predicted molar refractivity (Wildman–Crippen MR) is 66.3 cm³/mol. The van der Waals surface area contributed by atoms with Gasteiger partial charge in [-0.25, -0.2) is 0 Å². The SMILES string of the molecule is CCNc1ccc(OC(=O)CC(C)=O)c(C#N)c1. The number of Topliss-reactive ketones (excluding diaryl/α,β-unsaturated/α-hetero) is 1. The highest BCUT2D eigenvalue weighted by Crippen LogP contribution is 2.22. The van der Waals surface area contributed by atoms with Crippen LogP contribution in [0.15, 0.2) is 18.2 Å². The summed E-state index contributed by atoms with van der Waals surface area (Å²) in [5.74, 6) is -0.761. The second kappa shape index (κ2) is 6.40. The maximum Gasteiger partial charge on any atom is 0.318 e. The van der Waals surface area contributed by atoms with Crippen molar-refractivity contribution >= 4 is 17.4 Å². The molecule has 0 radical (unpaired) electrons. The molecule has 0 heterocycles. The van der Waals surface area contributed by atoms with Gasteiger partial charge in [0.1, 0.15) is 24.0 Å². The molecular weight excluding hydrogens is 232 g/mol. The third-order valence-corrected chi connectivity index (χ3v) is 2.10. The van der Waals surface area contributed by atoms with Crippen molar-refractivity contribution in [2.75, 3.05) is 11.9 Å². The lowest BCUT2D eigenvalue weighted by molar-refractivity contribution is -0.137. The fraction of sp³-hybridized carbons (Fsp3) is 0.308. The number of carbonyl (C=O) groups excluding carboxylic acids is 2.